The van der Waals surface area contributed by atoms with Crippen LogP contribution < -0.4 is 11.5 Å². The second-order valence-corrected chi connectivity index (χ2v) is 3.29. The van der Waals surface area contributed by atoms with Crippen LogP contribution in [0.1, 0.15) is 18.0 Å². The van der Waals surface area contributed by atoms with Crippen molar-refractivity contribution in [2.45, 2.75) is 12.5 Å². The highest BCUT2D eigenvalue weighted by atomic mass is 16.5. The van der Waals surface area contributed by atoms with Gasteiger partial charge in [-0.2, -0.15) is 0 Å². The summed E-state index contributed by atoms with van der Waals surface area (Å²) in [7, 11) is 0. The van der Waals surface area contributed by atoms with Gasteiger partial charge in [-0.25, -0.2) is 4.99 Å². The summed E-state index contributed by atoms with van der Waals surface area (Å²) in [5, 5.41) is 0. The van der Waals surface area contributed by atoms with Crippen molar-refractivity contribution >= 4 is 11.7 Å². The first kappa shape index (κ1) is 8.87. The second-order valence-electron chi connectivity index (χ2n) is 3.29. The SMILES string of the molecule is NC1=NC(c2cccc(N)c2)CCO1. The summed E-state index contributed by atoms with van der Waals surface area (Å²) < 4.78 is 5.06. The lowest BCUT2D eigenvalue weighted by Gasteiger charge is -2.19. The molecule has 2 rings (SSSR count). The first-order valence-electron chi connectivity index (χ1n) is 4.57. The Kier molecular flexibility index (Phi) is 2.26. The van der Waals surface area contributed by atoms with Crippen LogP contribution in [0.5, 0.6) is 0 Å². The average Bonchev–Trinajstić information content (AvgIpc) is 2.18. The van der Waals surface area contributed by atoms with E-state index in [1.807, 2.05) is 24.3 Å². The average molecular weight is 191 g/mol. The van der Waals surface area contributed by atoms with Gasteiger partial charge in [-0.05, 0) is 17.7 Å². The Morgan fingerprint density at radius 2 is 2.21 bits per heavy atom. The molecule has 1 atom stereocenters. The van der Waals surface area contributed by atoms with Gasteiger partial charge in [-0.15, -0.1) is 0 Å². The van der Waals surface area contributed by atoms with Crippen LogP contribution in [0.15, 0.2) is 29.3 Å². The molecule has 0 bridgehead atoms. The number of anilines is 1. The molecule has 4 nitrogen and oxygen atoms in total. The summed E-state index contributed by atoms with van der Waals surface area (Å²) >= 11 is 0. The maximum absolute atomic E-state index is 5.69. The number of hydrogen-bond acceptors (Lipinski definition) is 4. The number of benzene rings is 1. The van der Waals surface area contributed by atoms with Crippen molar-refractivity contribution in [3.63, 3.8) is 0 Å². The number of nitrogens with two attached hydrogens (primary N) is 2. The van der Waals surface area contributed by atoms with E-state index in [1.54, 1.807) is 0 Å². The van der Waals surface area contributed by atoms with Crippen LogP contribution in [0, 0.1) is 0 Å². The van der Waals surface area contributed by atoms with E-state index in [-0.39, 0.29) is 12.1 Å². The van der Waals surface area contributed by atoms with Crippen LogP contribution >= 0.6 is 0 Å². The molecule has 0 aromatic heterocycles. The summed E-state index contributed by atoms with van der Waals surface area (Å²) in [4.78, 5) is 4.21. The van der Waals surface area contributed by atoms with Crippen molar-refractivity contribution in [1.29, 1.82) is 0 Å². The molecular weight excluding hydrogens is 178 g/mol. The largest absolute Gasteiger partial charge is 0.465 e. The molecule has 4 heteroatoms. The van der Waals surface area contributed by atoms with Crippen molar-refractivity contribution in [2.75, 3.05) is 12.3 Å². The fourth-order valence-corrected chi connectivity index (χ4v) is 1.54. The Hall–Kier alpha value is -1.71. The third-order valence-corrected chi connectivity index (χ3v) is 2.22. The Morgan fingerprint density at radius 3 is 2.93 bits per heavy atom. The monoisotopic (exact) mass is 191 g/mol. The van der Waals surface area contributed by atoms with Crippen molar-refractivity contribution in [3.05, 3.63) is 29.8 Å². The minimum Gasteiger partial charge on any atom is -0.465 e. The van der Waals surface area contributed by atoms with Crippen molar-refractivity contribution in [1.82, 2.24) is 0 Å². The summed E-state index contributed by atoms with van der Waals surface area (Å²) in [6.45, 7) is 0.620. The molecule has 1 aliphatic heterocycles. The van der Waals surface area contributed by atoms with Gasteiger partial charge in [-0.1, -0.05) is 12.1 Å². The molecule has 1 aromatic carbocycles. The summed E-state index contributed by atoms with van der Waals surface area (Å²) in [6, 6.07) is 8.06. The van der Waals surface area contributed by atoms with Gasteiger partial charge in [0, 0.05) is 12.1 Å². The van der Waals surface area contributed by atoms with Crippen LogP contribution in [0.2, 0.25) is 0 Å². The number of amidine groups is 1. The van der Waals surface area contributed by atoms with Crippen LogP contribution in [-0.4, -0.2) is 12.6 Å². The first-order valence-corrected chi connectivity index (χ1v) is 4.57. The van der Waals surface area contributed by atoms with Gasteiger partial charge in [0.15, 0.2) is 0 Å². The molecule has 0 aliphatic carbocycles. The topological polar surface area (TPSA) is 73.6 Å². The molecule has 1 aliphatic rings. The zero-order chi connectivity index (χ0) is 9.97. The Labute approximate surface area is 82.6 Å². The lowest BCUT2D eigenvalue weighted by molar-refractivity contribution is 0.256. The number of hydrogen-bond donors (Lipinski definition) is 2. The normalized spacial score (nSPS) is 21.1. The first-order chi connectivity index (χ1) is 6.75. The maximum atomic E-state index is 5.69. The van der Waals surface area contributed by atoms with Gasteiger partial charge in [0.25, 0.3) is 6.02 Å². The van der Waals surface area contributed by atoms with Crippen LogP contribution in [0.25, 0.3) is 0 Å². The molecule has 1 unspecified atom stereocenters. The van der Waals surface area contributed by atoms with E-state index in [0.29, 0.717) is 6.61 Å². The summed E-state index contributed by atoms with van der Waals surface area (Å²) in [6.07, 6.45) is 0.851. The third kappa shape index (κ3) is 1.79. The number of ether oxygens (including phenoxy) is 1. The number of aliphatic imine (C=N–C) groups is 1. The van der Waals surface area contributed by atoms with Gasteiger partial charge in [0.1, 0.15) is 0 Å². The molecule has 4 N–H and O–H groups in total. The van der Waals surface area contributed by atoms with E-state index >= 15 is 0 Å². The zero-order valence-corrected chi connectivity index (χ0v) is 7.81. The van der Waals surface area contributed by atoms with Gasteiger partial charge in [-0.3, -0.25) is 0 Å². The molecule has 0 amide bonds. The Bertz CT molecular complexity index is 362. The number of nitrogen functional groups attached to an aromatic ring is 1. The van der Waals surface area contributed by atoms with E-state index in [4.69, 9.17) is 16.2 Å². The standard InChI is InChI=1S/C10H13N3O/c11-8-3-1-2-7(6-8)9-4-5-14-10(12)13-9/h1-3,6,9H,4-5,11H2,(H2,12,13). The van der Waals surface area contributed by atoms with E-state index in [1.165, 1.54) is 0 Å². The molecule has 0 saturated heterocycles. The predicted octanol–water partition coefficient (Wildman–Crippen LogP) is 1.04. The minimum atomic E-state index is 0.0900. The van der Waals surface area contributed by atoms with Crippen molar-refractivity contribution < 1.29 is 4.74 Å². The minimum absolute atomic E-state index is 0.0900. The quantitative estimate of drug-likeness (QED) is 0.651. The Balaban J connectivity index is 2.26. The highest BCUT2D eigenvalue weighted by molar-refractivity contribution is 5.72. The predicted molar refractivity (Wildman–Crippen MR) is 55.8 cm³/mol. The van der Waals surface area contributed by atoms with E-state index in [0.717, 1.165) is 17.7 Å². The molecule has 1 aromatic rings. The molecule has 0 saturated carbocycles. The number of rotatable bonds is 1. The van der Waals surface area contributed by atoms with Gasteiger partial charge in [0.2, 0.25) is 0 Å². The van der Waals surface area contributed by atoms with E-state index < -0.39 is 0 Å². The highest BCUT2D eigenvalue weighted by Crippen LogP contribution is 2.25. The van der Waals surface area contributed by atoms with Crippen LogP contribution in [0.3, 0.4) is 0 Å². The fourth-order valence-electron chi connectivity index (χ4n) is 1.54. The fraction of sp³-hybridized carbons (Fsp3) is 0.300. The van der Waals surface area contributed by atoms with E-state index in [2.05, 4.69) is 4.99 Å². The second kappa shape index (κ2) is 3.57. The lowest BCUT2D eigenvalue weighted by Crippen LogP contribution is -2.23. The molecule has 0 radical (unpaired) electrons. The molecule has 1 heterocycles. The van der Waals surface area contributed by atoms with Gasteiger partial charge < -0.3 is 16.2 Å². The summed E-state index contributed by atoms with van der Waals surface area (Å²) in [5.41, 5.74) is 13.0. The lowest BCUT2D eigenvalue weighted by atomic mass is 10.0. The van der Waals surface area contributed by atoms with Gasteiger partial charge in [0.05, 0.1) is 12.6 Å². The van der Waals surface area contributed by atoms with E-state index in [9.17, 15) is 0 Å². The molecular formula is C10H13N3O. The molecule has 74 valence electrons. The Morgan fingerprint density at radius 1 is 1.36 bits per heavy atom. The van der Waals surface area contributed by atoms with Crippen molar-refractivity contribution in [2.24, 2.45) is 10.7 Å². The molecule has 0 fully saturated rings. The highest BCUT2D eigenvalue weighted by Gasteiger charge is 2.15. The molecule has 0 spiro atoms. The van der Waals surface area contributed by atoms with Crippen LogP contribution in [0.4, 0.5) is 5.69 Å². The van der Waals surface area contributed by atoms with Gasteiger partial charge >= 0.3 is 0 Å². The molecule has 14 heavy (non-hydrogen) atoms. The van der Waals surface area contributed by atoms with Crippen molar-refractivity contribution in [3.8, 4) is 0 Å². The zero-order valence-electron chi connectivity index (χ0n) is 7.81. The maximum Gasteiger partial charge on any atom is 0.282 e. The third-order valence-electron chi connectivity index (χ3n) is 2.22. The smallest absolute Gasteiger partial charge is 0.282 e. The van der Waals surface area contributed by atoms with Crippen LogP contribution in [-0.2, 0) is 4.74 Å². The summed E-state index contributed by atoms with van der Waals surface area (Å²) in [5.74, 6) is 0. The number of nitrogens with zero attached hydrogens (tertiary/aromatic N) is 1.